The third-order valence-electron chi connectivity index (χ3n) is 4.80. The number of benzene rings is 1. The highest BCUT2D eigenvalue weighted by atomic mass is 35.5. The third kappa shape index (κ3) is 3.46. The molecule has 132 valence electrons. The first-order valence-corrected chi connectivity index (χ1v) is 10.2. The molecule has 2 aliphatic rings. The molecule has 0 radical (unpaired) electrons. The standard InChI is InChI=1S/C17H23ClN2O3S/c1-12-5-8-17(16(18)10-12)24(22,23)20-9-3-4-15(20)11-19(13(2)21)14-6-7-14/h5,8,10,14-15H,3-4,6-7,9,11H2,1-2H3. The molecule has 3 rings (SSSR count). The average Bonchev–Trinajstić information content (AvgIpc) is 3.21. The molecule has 0 bridgehead atoms. The van der Waals surface area contributed by atoms with E-state index in [9.17, 15) is 13.2 Å². The minimum atomic E-state index is -3.65. The molecule has 1 aliphatic heterocycles. The summed E-state index contributed by atoms with van der Waals surface area (Å²) in [5.41, 5.74) is 0.924. The molecule has 1 aromatic rings. The van der Waals surface area contributed by atoms with Gasteiger partial charge in [-0.3, -0.25) is 4.79 Å². The molecule has 1 heterocycles. The molecule has 1 aliphatic carbocycles. The van der Waals surface area contributed by atoms with Crippen molar-refractivity contribution in [2.24, 2.45) is 0 Å². The lowest BCUT2D eigenvalue weighted by atomic mass is 10.2. The van der Waals surface area contributed by atoms with E-state index in [0.29, 0.717) is 13.1 Å². The largest absolute Gasteiger partial charge is 0.338 e. The van der Waals surface area contributed by atoms with Crippen molar-refractivity contribution in [1.82, 2.24) is 9.21 Å². The van der Waals surface area contributed by atoms with Crippen molar-refractivity contribution in [3.05, 3.63) is 28.8 Å². The number of nitrogens with zero attached hydrogens (tertiary/aromatic N) is 2. The molecule has 2 fully saturated rings. The summed E-state index contributed by atoms with van der Waals surface area (Å²) in [5.74, 6) is 0.0233. The number of rotatable bonds is 5. The lowest BCUT2D eigenvalue weighted by molar-refractivity contribution is -0.129. The summed E-state index contributed by atoms with van der Waals surface area (Å²) in [6, 6.07) is 5.13. The fourth-order valence-electron chi connectivity index (χ4n) is 3.40. The fourth-order valence-corrected chi connectivity index (χ4v) is 5.66. The molecule has 24 heavy (non-hydrogen) atoms. The van der Waals surface area contributed by atoms with E-state index in [1.807, 2.05) is 11.8 Å². The van der Waals surface area contributed by atoms with E-state index in [2.05, 4.69) is 0 Å². The Bertz CT molecular complexity index is 746. The Morgan fingerprint density at radius 3 is 2.62 bits per heavy atom. The van der Waals surface area contributed by atoms with Crippen LogP contribution in [0.15, 0.2) is 23.1 Å². The number of amides is 1. The summed E-state index contributed by atoms with van der Waals surface area (Å²) in [7, 11) is -3.65. The summed E-state index contributed by atoms with van der Waals surface area (Å²) < 4.78 is 27.6. The first-order valence-electron chi connectivity index (χ1n) is 8.36. The molecule has 1 atom stereocenters. The zero-order chi connectivity index (χ0) is 17.5. The Morgan fingerprint density at radius 1 is 1.33 bits per heavy atom. The highest BCUT2D eigenvalue weighted by molar-refractivity contribution is 7.89. The molecular weight excluding hydrogens is 348 g/mol. The Morgan fingerprint density at radius 2 is 2.04 bits per heavy atom. The van der Waals surface area contributed by atoms with Gasteiger partial charge < -0.3 is 4.90 Å². The van der Waals surface area contributed by atoms with E-state index in [1.165, 1.54) is 4.31 Å². The Hall–Kier alpha value is -1.11. The lowest BCUT2D eigenvalue weighted by Crippen LogP contribution is -2.45. The van der Waals surface area contributed by atoms with E-state index in [0.717, 1.165) is 31.2 Å². The van der Waals surface area contributed by atoms with Crippen LogP contribution in [0.2, 0.25) is 5.02 Å². The summed E-state index contributed by atoms with van der Waals surface area (Å²) in [5, 5.41) is 0.256. The van der Waals surface area contributed by atoms with Gasteiger partial charge in [-0.1, -0.05) is 17.7 Å². The van der Waals surface area contributed by atoms with Crippen molar-refractivity contribution in [3.8, 4) is 0 Å². The van der Waals surface area contributed by atoms with Crippen LogP contribution in [0.25, 0.3) is 0 Å². The molecule has 0 N–H and O–H groups in total. The van der Waals surface area contributed by atoms with Crippen molar-refractivity contribution in [1.29, 1.82) is 0 Å². The van der Waals surface area contributed by atoms with Gasteiger partial charge in [0.25, 0.3) is 0 Å². The summed E-state index contributed by atoms with van der Waals surface area (Å²) in [4.78, 5) is 13.9. The number of carbonyl (C=O) groups is 1. The number of hydrogen-bond acceptors (Lipinski definition) is 3. The molecule has 1 aromatic carbocycles. The van der Waals surface area contributed by atoms with Gasteiger partial charge in [0.1, 0.15) is 4.90 Å². The molecule has 0 spiro atoms. The first-order chi connectivity index (χ1) is 11.3. The first kappa shape index (κ1) is 17.7. The number of aryl methyl sites for hydroxylation is 1. The third-order valence-corrected chi connectivity index (χ3v) is 7.23. The van der Waals surface area contributed by atoms with E-state index in [1.54, 1.807) is 25.1 Å². The second-order valence-electron chi connectivity index (χ2n) is 6.75. The molecule has 1 unspecified atom stereocenters. The monoisotopic (exact) mass is 370 g/mol. The molecular formula is C17H23ClN2O3S. The smallest absolute Gasteiger partial charge is 0.244 e. The van der Waals surface area contributed by atoms with Crippen LogP contribution >= 0.6 is 11.6 Å². The van der Waals surface area contributed by atoms with Gasteiger partial charge >= 0.3 is 0 Å². The van der Waals surface area contributed by atoms with Gasteiger partial charge in [-0.2, -0.15) is 4.31 Å². The maximum absolute atomic E-state index is 13.1. The Labute approximate surface area is 148 Å². The molecule has 1 amide bonds. The highest BCUT2D eigenvalue weighted by Crippen LogP contribution is 2.33. The second kappa shape index (κ2) is 6.65. The Kier molecular flexibility index (Phi) is 4.91. The second-order valence-corrected chi connectivity index (χ2v) is 9.01. The van der Waals surface area contributed by atoms with Gasteiger partial charge in [-0.15, -0.1) is 0 Å². The van der Waals surface area contributed by atoms with Crippen LogP contribution in [0.1, 0.15) is 38.2 Å². The van der Waals surface area contributed by atoms with Gasteiger partial charge in [0.05, 0.1) is 5.02 Å². The zero-order valence-corrected chi connectivity index (χ0v) is 15.6. The summed E-state index contributed by atoms with van der Waals surface area (Å²) in [6.07, 6.45) is 3.62. The maximum Gasteiger partial charge on any atom is 0.244 e. The van der Waals surface area contributed by atoms with E-state index >= 15 is 0 Å². The van der Waals surface area contributed by atoms with Crippen molar-refractivity contribution < 1.29 is 13.2 Å². The SMILES string of the molecule is CC(=O)N(CC1CCCN1S(=O)(=O)c1ccc(C)cc1Cl)C1CC1. The van der Waals surface area contributed by atoms with Crippen molar-refractivity contribution >= 4 is 27.5 Å². The lowest BCUT2D eigenvalue weighted by Gasteiger charge is -2.30. The number of halogens is 1. The quantitative estimate of drug-likeness (QED) is 0.800. The molecule has 1 saturated heterocycles. The number of sulfonamides is 1. The van der Waals surface area contributed by atoms with Crippen LogP contribution in [0, 0.1) is 6.92 Å². The summed E-state index contributed by atoms with van der Waals surface area (Å²) in [6.45, 7) is 4.39. The van der Waals surface area contributed by atoms with Gasteiger partial charge in [0.2, 0.25) is 15.9 Å². The molecule has 0 aromatic heterocycles. The van der Waals surface area contributed by atoms with Crippen LogP contribution in [0.3, 0.4) is 0 Å². The van der Waals surface area contributed by atoms with Gasteiger partial charge in [0.15, 0.2) is 0 Å². The Balaban J connectivity index is 1.84. The summed E-state index contributed by atoms with van der Waals surface area (Å²) >= 11 is 6.19. The molecule has 5 nitrogen and oxygen atoms in total. The van der Waals surface area contributed by atoms with Crippen molar-refractivity contribution in [2.45, 2.75) is 56.5 Å². The molecule has 1 saturated carbocycles. The predicted molar refractivity (Wildman–Crippen MR) is 93.5 cm³/mol. The molecule has 7 heteroatoms. The van der Waals surface area contributed by atoms with Gasteiger partial charge in [-0.05, 0) is 50.3 Å². The van der Waals surface area contributed by atoms with Gasteiger partial charge in [0, 0.05) is 32.1 Å². The van der Waals surface area contributed by atoms with Crippen LogP contribution < -0.4 is 0 Å². The highest BCUT2D eigenvalue weighted by Gasteiger charge is 2.40. The topological polar surface area (TPSA) is 57.7 Å². The minimum absolute atomic E-state index is 0.0233. The predicted octanol–water partition coefficient (Wildman–Crippen LogP) is 2.81. The number of carbonyl (C=O) groups excluding carboxylic acids is 1. The van der Waals surface area contributed by atoms with Crippen LogP contribution in [0.4, 0.5) is 0 Å². The van der Waals surface area contributed by atoms with E-state index in [4.69, 9.17) is 11.6 Å². The van der Waals surface area contributed by atoms with Crippen LogP contribution in [-0.4, -0.2) is 48.7 Å². The van der Waals surface area contributed by atoms with Crippen LogP contribution in [0.5, 0.6) is 0 Å². The minimum Gasteiger partial charge on any atom is -0.338 e. The van der Waals surface area contributed by atoms with E-state index in [-0.39, 0.29) is 27.9 Å². The number of hydrogen-bond donors (Lipinski definition) is 0. The van der Waals surface area contributed by atoms with Gasteiger partial charge in [-0.25, -0.2) is 8.42 Å². The van der Waals surface area contributed by atoms with E-state index < -0.39 is 10.0 Å². The average molecular weight is 371 g/mol. The zero-order valence-electron chi connectivity index (χ0n) is 14.0. The fraction of sp³-hybridized carbons (Fsp3) is 0.588. The maximum atomic E-state index is 13.1. The normalized spacial score (nSPS) is 21.9. The van der Waals surface area contributed by atoms with Crippen molar-refractivity contribution in [2.75, 3.05) is 13.1 Å². The van der Waals surface area contributed by atoms with Crippen LogP contribution in [-0.2, 0) is 14.8 Å². The van der Waals surface area contributed by atoms with Crippen molar-refractivity contribution in [3.63, 3.8) is 0 Å².